The first-order chi connectivity index (χ1) is 45.5. The molecule has 0 aliphatic carbocycles. The Kier molecular flexibility index (Phi) is 44.3. The van der Waals surface area contributed by atoms with Gasteiger partial charge in [0.1, 0.15) is 97.6 Å². The van der Waals surface area contributed by atoms with Crippen molar-refractivity contribution in [3.8, 4) is 0 Å². The summed E-state index contributed by atoms with van der Waals surface area (Å²) in [6, 6.07) is -2.62. The van der Waals surface area contributed by atoms with E-state index < -0.39 is 174 Å². The largest absolute Gasteiger partial charge is 0.394 e. The molecule has 25 heteroatoms. The average molecular weight is 1350 g/mol. The number of carbonyl (C=O) groups is 2. The molecule has 22 atom stereocenters. The molecule has 25 nitrogen and oxygen atoms in total. The maximum absolute atomic E-state index is 13.5. The number of ether oxygens (including phenoxy) is 8. The minimum atomic E-state index is -2.10. The molecule has 4 aliphatic rings. The van der Waals surface area contributed by atoms with E-state index in [1.54, 1.807) is 6.08 Å². The number of unbranched alkanes of at least 4 members (excludes halogenated alkanes) is 32. The van der Waals surface area contributed by atoms with Gasteiger partial charge < -0.3 is 115 Å². The van der Waals surface area contributed by atoms with Crippen molar-refractivity contribution in [3.63, 3.8) is 0 Å². The molecule has 0 aromatic heterocycles. The van der Waals surface area contributed by atoms with Gasteiger partial charge in [0.15, 0.2) is 25.2 Å². The van der Waals surface area contributed by atoms with Crippen LogP contribution in [0.5, 0.6) is 0 Å². The second-order valence-electron chi connectivity index (χ2n) is 26.8. The summed E-state index contributed by atoms with van der Waals surface area (Å²) in [5.74, 6) is -1.06. The number of hydrogen-bond donors (Lipinski definition) is 15. The van der Waals surface area contributed by atoms with Crippen molar-refractivity contribution in [1.29, 1.82) is 0 Å². The summed E-state index contributed by atoms with van der Waals surface area (Å²) >= 11 is 0. The monoisotopic (exact) mass is 1350 g/mol. The second kappa shape index (κ2) is 49.4. The van der Waals surface area contributed by atoms with E-state index in [-0.39, 0.29) is 12.3 Å². The maximum Gasteiger partial charge on any atom is 0.220 e. The molecular formula is C69H128N2O23. The number of rotatable bonds is 52. The zero-order valence-corrected chi connectivity index (χ0v) is 57.0. The van der Waals surface area contributed by atoms with Gasteiger partial charge in [-0.2, -0.15) is 0 Å². The second-order valence-corrected chi connectivity index (χ2v) is 26.8. The van der Waals surface area contributed by atoms with E-state index in [9.17, 15) is 76.0 Å². The van der Waals surface area contributed by atoms with Gasteiger partial charge in [-0.3, -0.25) is 9.59 Å². The summed E-state index contributed by atoms with van der Waals surface area (Å²) in [5.41, 5.74) is 0. The fraction of sp³-hybridized carbons (Fsp3) is 0.942. The number of allylic oxidation sites excluding steroid dienone is 1. The highest BCUT2D eigenvalue weighted by Gasteiger charge is 2.56. The summed E-state index contributed by atoms with van der Waals surface area (Å²) in [7, 11) is 0. The van der Waals surface area contributed by atoms with Crippen molar-refractivity contribution in [2.24, 2.45) is 0 Å². The van der Waals surface area contributed by atoms with Crippen LogP contribution < -0.4 is 10.6 Å². The third-order valence-corrected chi connectivity index (χ3v) is 18.9. The maximum atomic E-state index is 13.5. The molecule has 4 saturated heterocycles. The minimum Gasteiger partial charge on any atom is -0.394 e. The van der Waals surface area contributed by atoms with E-state index in [1.165, 1.54) is 167 Å². The van der Waals surface area contributed by atoms with E-state index in [0.29, 0.717) is 12.8 Å². The smallest absolute Gasteiger partial charge is 0.220 e. The van der Waals surface area contributed by atoms with Gasteiger partial charge in [-0.25, -0.2) is 0 Å². The van der Waals surface area contributed by atoms with Gasteiger partial charge in [0, 0.05) is 13.3 Å². The molecule has 0 aromatic rings. The molecule has 0 spiro atoms. The molecule has 4 rings (SSSR count). The average Bonchev–Trinajstić information content (AvgIpc) is 1.17. The van der Waals surface area contributed by atoms with Crippen LogP contribution in [0.15, 0.2) is 12.2 Å². The molecule has 0 saturated carbocycles. The summed E-state index contributed by atoms with van der Waals surface area (Å²) in [6.07, 6.45) is 9.96. The standard InChI is InChI=1S/C69H128N2O23/c1-4-6-8-10-12-14-16-18-19-20-21-22-23-24-25-26-28-30-32-34-36-38-40-53(78)71-47(48(77)39-37-35-33-31-29-27-17-15-13-11-9-7-5-2)45-87-67-61(85)58(82)64(51(43-74)90-67)93-69-62(86)59(83)63(52(44-75)91-69)92-66-54(70-46(3)76)65(56(80)50(42-73)88-66)94-68-60(84)57(81)55(79)49(41-72)89-68/h37,39,47-52,54-69,72-75,77,79-86H,4-36,38,40-45H2,1-3H3,(H,70,76)(H,71,78). The lowest BCUT2D eigenvalue weighted by molar-refractivity contribution is -0.380. The van der Waals surface area contributed by atoms with Crippen molar-refractivity contribution < 1.29 is 114 Å². The van der Waals surface area contributed by atoms with E-state index in [4.69, 9.17) is 37.9 Å². The van der Waals surface area contributed by atoms with Crippen LogP contribution in [0, 0.1) is 0 Å². The molecule has 15 N–H and O–H groups in total. The number of amides is 2. The first kappa shape index (κ1) is 84.3. The summed E-state index contributed by atoms with van der Waals surface area (Å²) < 4.78 is 46.8. The summed E-state index contributed by atoms with van der Waals surface area (Å²) in [5, 5.41) is 147. The van der Waals surface area contributed by atoms with Crippen LogP contribution in [-0.4, -0.2) is 246 Å². The van der Waals surface area contributed by atoms with Crippen LogP contribution in [-0.2, 0) is 47.5 Å². The summed E-state index contributed by atoms with van der Waals surface area (Å²) in [4.78, 5) is 26.1. The lowest BCUT2D eigenvalue weighted by atomic mass is 9.94. The highest BCUT2D eigenvalue weighted by Crippen LogP contribution is 2.35. The van der Waals surface area contributed by atoms with Gasteiger partial charge in [-0.1, -0.05) is 225 Å². The Morgan fingerprint density at radius 3 is 1.20 bits per heavy atom. The molecule has 0 radical (unpaired) electrons. The van der Waals surface area contributed by atoms with Gasteiger partial charge >= 0.3 is 0 Å². The normalized spacial score (nSPS) is 32.2. The number of nitrogens with one attached hydrogen (secondary N) is 2. The number of hydrogen-bond acceptors (Lipinski definition) is 23. The van der Waals surface area contributed by atoms with E-state index >= 15 is 0 Å². The van der Waals surface area contributed by atoms with Crippen molar-refractivity contribution in [2.75, 3.05) is 33.0 Å². The first-order valence-electron chi connectivity index (χ1n) is 36.4. The van der Waals surface area contributed by atoms with Gasteiger partial charge in [-0.05, 0) is 19.3 Å². The Balaban J connectivity index is 1.29. The quantitative estimate of drug-likeness (QED) is 0.0294. The molecule has 0 aromatic carbocycles. The molecule has 4 fully saturated rings. The lowest BCUT2D eigenvalue weighted by Gasteiger charge is -2.50. The van der Waals surface area contributed by atoms with Crippen LogP contribution >= 0.6 is 0 Å². The minimum absolute atomic E-state index is 0.218. The molecule has 22 unspecified atom stereocenters. The number of aliphatic hydroxyl groups excluding tert-OH is 13. The van der Waals surface area contributed by atoms with E-state index in [2.05, 4.69) is 24.5 Å². The molecule has 552 valence electrons. The van der Waals surface area contributed by atoms with E-state index in [1.807, 2.05) is 6.08 Å². The van der Waals surface area contributed by atoms with Crippen molar-refractivity contribution in [1.82, 2.24) is 10.6 Å². The zero-order chi connectivity index (χ0) is 68.6. The van der Waals surface area contributed by atoms with Crippen LogP contribution in [0.4, 0.5) is 0 Å². The van der Waals surface area contributed by atoms with Gasteiger partial charge in [-0.15, -0.1) is 0 Å². The fourth-order valence-corrected chi connectivity index (χ4v) is 13.0. The van der Waals surface area contributed by atoms with Gasteiger partial charge in [0.2, 0.25) is 11.8 Å². The highest BCUT2D eigenvalue weighted by molar-refractivity contribution is 5.76. The van der Waals surface area contributed by atoms with Gasteiger partial charge in [0.25, 0.3) is 0 Å². The Morgan fingerprint density at radius 2 is 0.766 bits per heavy atom. The molecular weight excluding hydrogens is 1220 g/mol. The molecule has 4 aliphatic heterocycles. The van der Waals surface area contributed by atoms with Crippen LogP contribution in [0.2, 0.25) is 0 Å². The first-order valence-corrected chi connectivity index (χ1v) is 36.4. The Labute approximate surface area is 559 Å². The predicted octanol–water partition coefficient (Wildman–Crippen LogP) is 4.51. The molecule has 2 amide bonds. The van der Waals surface area contributed by atoms with Crippen LogP contribution in [0.3, 0.4) is 0 Å². The zero-order valence-electron chi connectivity index (χ0n) is 57.0. The third-order valence-electron chi connectivity index (χ3n) is 18.9. The molecule has 0 bridgehead atoms. The summed E-state index contributed by atoms with van der Waals surface area (Å²) in [6.45, 7) is 1.63. The van der Waals surface area contributed by atoms with Crippen molar-refractivity contribution in [2.45, 2.75) is 380 Å². The Bertz CT molecular complexity index is 1950. The van der Waals surface area contributed by atoms with E-state index in [0.717, 1.165) is 45.4 Å². The topological polar surface area (TPSA) is 395 Å². The Hall–Kier alpha value is -2.16. The molecule has 94 heavy (non-hydrogen) atoms. The predicted molar refractivity (Wildman–Crippen MR) is 349 cm³/mol. The fourth-order valence-electron chi connectivity index (χ4n) is 13.0. The number of carbonyl (C=O) groups excluding carboxylic acids is 2. The van der Waals surface area contributed by atoms with Crippen molar-refractivity contribution in [3.05, 3.63) is 12.2 Å². The van der Waals surface area contributed by atoms with Crippen LogP contribution in [0.1, 0.15) is 245 Å². The third kappa shape index (κ3) is 30.0. The van der Waals surface area contributed by atoms with Gasteiger partial charge in [0.05, 0.1) is 45.2 Å². The Morgan fingerprint density at radius 1 is 0.415 bits per heavy atom. The van der Waals surface area contributed by atoms with Crippen molar-refractivity contribution >= 4 is 11.8 Å². The molecule has 4 heterocycles. The van der Waals surface area contributed by atoms with Crippen LogP contribution in [0.25, 0.3) is 0 Å². The lowest BCUT2D eigenvalue weighted by Crippen LogP contribution is -2.70. The SMILES string of the molecule is CCCCCCCCCCCCCC=CC(O)C(COC1OC(CO)C(OC2OC(CO)C(OC3OC(CO)C(O)C(OC4OC(CO)C(O)C(O)C4O)C3NC(C)=O)C(O)C2O)C(O)C1O)NC(=O)CCCCCCCCCCCCCCCCCCCCCCCC. The number of aliphatic hydroxyl groups is 13. The highest BCUT2D eigenvalue weighted by atomic mass is 16.8.